The van der Waals surface area contributed by atoms with Crippen LogP contribution in [0.15, 0.2) is 69.5 Å². The molecule has 2 aliphatic carbocycles. The van der Waals surface area contributed by atoms with Crippen molar-refractivity contribution in [1.29, 1.82) is 0 Å². The van der Waals surface area contributed by atoms with Gasteiger partial charge in [-0.3, -0.25) is 0 Å². The van der Waals surface area contributed by atoms with Crippen molar-refractivity contribution in [3.8, 4) is 11.1 Å². The molecule has 0 aromatic heterocycles. The Morgan fingerprint density at radius 1 is 0.889 bits per heavy atom. The second-order valence-electron chi connectivity index (χ2n) is 7.75. The quantitative estimate of drug-likeness (QED) is 0.647. The molecule has 0 bridgehead atoms. The van der Waals surface area contributed by atoms with Crippen LogP contribution in [0.4, 0.5) is 0 Å². The molecule has 0 radical (unpaired) electrons. The minimum absolute atomic E-state index is 0. The minimum Gasteiger partial charge on any atom is -1.00 e. The molecule has 0 heterocycles. The van der Waals surface area contributed by atoms with E-state index in [0.29, 0.717) is 9.54 Å². The molecule has 4 rings (SSSR count). The van der Waals surface area contributed by atoms with Crippen LogP contribution in [0.2, 0.25) is 0 Å². The van der Waals surface area contributed by atoms with Crippen LogP contribution in [0, 0.1) is 5.92 Å². The summed E-state index contributed by atoms with van der Waals surface area (Å²) < 4.78 is 4.14. The van der Waals surface area contributed by atoms with Gasteiger partial charge in [-0.25, -0.2) is 0 Å². The van der Waals surface area contributed by atoms with Gasteiger partial charge in [0.2, 0.25) is 0 Å². The maximum absolute atomic E-state index is 2.57. The van der Waals surface area contributed by atoms with E-state index in [0.717, 1.165) is 0 Å². The van der Waals surface area contributed by atoms with Crippen molar-refractivity contribution < 1.29 is 30.7 Å². The monoisotopic (exact) mass is 442 g/mol. The van der Waals surface area contributed by atoms with Crippen LogP contribution in [0.25, 0.3) is 11.1 Å². The molecule has 0 fully saturated rings. The van der Waals surface area contributed by atoms with E-state index in [4.69, 9.17) is 0 Å². The van der Waals surface area contributed by atoms with Crippen molar-refractivity contribution in [2.45, 2.75) is 37.7 Å². The molecule has 0 nitrogen and oxygen atoms in total. The Kier molecular flexibility index (Phi) is 7.03. The van der Waals surface area contributed by atoms with Crippen LogP contribution in [-0.2, 0) is 21.3 Å². The van der Waals surface area contributed by atoms with Crippen LogP contribution in [0.1, 0.15) is 48.9 Å². The first kappa shape index (κ1) is 21.8. The second kappa shape index (κ2) is 8.69. The topological polar surface area (TPSA) is 0 Å². The molecule has 0 saturated carbocycles. The Morgan fingerprint density at radius 3 is 1.85 bits per heavy atom. The zero-order valence-corrected chi connectivity index (χ0v) is 18.8. The van der Waals surface area contributed by atoms with Crippen molar-refractivity contribution >= 4 is 3.21 Å². The maximum Gasteiger partial charge on any atom is -1.00 e. The molecule has 0 saturated heterocycles. The molecular formula is C24H26F2Zr. The Bertz CT molecular complexity index is 885. The average molecular weight is 444 g/mol. The third-order valence-electron chi connectivity index (χ3n) is 5.57. The molecule has 0 aliphatic heterocycles. The van der Waals surface area contributed by atoms with Crippen molar-refractivity contribution in [3.05, 3.63) is 80.7 Å². The maximum atomic E-state index is 2.57. The number of hydrogen-bond acceptors (Lipinski definition) is 0. The third kappa shape index (κ3) is 3.76. The molecule has 0 N–H and O–H groups in total. The summed E-state index contributed by atoms with van der Waals surface area (Å²) in [6, 6.07) is 18.2. The van der Waals surface area contributed by atoms with Crippen LogP contribution < -0.4 is 9.41 Å². The van der Waals surface area contributed by atoms with Gasteiger partial charge in [-0.2, -0.15) is 0 Å². The molecule has 2 aromatic carbocycles. The number of hydrogen-bond donors (Lipinski definition) is 0. The number of fused-ring (bicyclic) bond motifs is 3. The van der Waals surface area contributed by atoms with Gasteiger partial charge in [0.25, 0.3) is 0 Å². The number of halogens is 2. The van der Waals surface area contributed by atoms with Crippen molar-refractivity contribution in [1.82, 2.24) is 0 Å². The van der Waals surface area contributed by atoms with E-state index in [9.17, 15) is 0 Å². The molecule has 0 atom stereocenters. The van der Waals surface area contributed by atoms with Crippen LogP contribution >= 0.6 is 0 Å². The molecule has 0 amide bonds. The summed E-state index contributed by atoms with van der Waals surface area (Å²) in [7, 11) is 0. The minimum atomic E-state index is -1.96. The van der Waals surface area contributed by atoms with Crippen LogP contribution in [-0.4, -0.2) is 3.21 Å². The standard InChI is InChI=1S/C13H9.C8H11.C3H6.2FH.Zr/c1-3-7-12-10(5-1)9-11-6-2-4-8-13(11)12;1-7(2)8-5-3-4-6-8;1-3-2;;;/h1-9H;5-7H,3H2,1-2H3;1-2H3;2*1H;/q;;;;;+2/p-2. The summed E-state index contributed by atoms with van der Waals surface area (Å²) in [5.74, 6) is 0.641. The number of benzene rings is 2. The van der Waals surface area contributed by atoms with E-state index in [1.165, 1.54) is 17.5 Å². The first-order valence-corrected chi connectivity index (χ1v) is 13.2. The fourth-order valence-electron chi connectivity index (χ4n) is 4.40. The number of allylic oxidation sites excluding steroid dienone is 4. The van der Waals surface area contributed by atoms with E-state index in [2.05, 4.69) is 88.4 Å². The Hall–Kier alpha value is -1.47. The number of rotatable bonds is 3. The summed E-state index contributed by atoms with van der Waals surface area (Å²) in [4.78, 5) is 0. The van der Waals surface area contributed by atoms with E-state index >= 15 is 0 Å². The molecule has 2 aliphatic rings. The Labute approximate surface area is 168 Å². The molecule has 0 spiro atoms. The van der Waals surface area contributed by atoms with E-state index in [1.807, 2.05) is 0 Å². The van der Waals surface area contributed by atoms with Crippen molar-refractivity contribution in [2.24, 2.45) is 5.92 Å². The first-order valence-electron chi connectivity index (χ1n) is 9.34. The molecule has 2 aromatic rings. The average Bonchev–Trinajstić information content (AvgIpc) is 3.20. The fourth-order valence-corrected chi connectivity index (χ4v) is 12.7. The predicted octanol–water partition coefficient (Wildman–Crippen LogP) is 0.465. The smallest absolute Gasteiger partial charge is 1.00 e. The van der Waals surface area contributed by atoms with E-state index in [1.54, 1.807) is 23.2 Å². The summed E-state index contributed by atoms with van der Waals surface area (Å²) in [5, 5.41) is 0. The Balaban J connectivity index is 0.00000131. The van der Waals surface area contributed by atoms with Gasteiger partial charge in [0, 0.05) is 0 Å². The summed E-state index contributed by atoms with van der Waals surface area (Å²) in [6.45, 7) is 9.42. The SMILES string of the molecule is C[C](C)=[Zr+2]([C]1=CC(C(C)C)=CC1)[CH]1c2ccccc2-c2ccccc21.[F-].[F-]. The summed E-state index contributed by atoms with van der Waals surface area (Å²) in [6.07, 6.45) is 6.24. The zero-order valence-electron chi connectivity index (χ0n) is 16.4. The normalized spacial score (nSPS) is 14.2. The van der Waals surface area contributed by atoms with E-state index in [-0.39, 0.29) is 9.41 Å². The van der Waals surface area contributed by atoms with Crippen molar-refractivity contribution in [2.75, 3.05) is 0 Å². The molecular weight excluding hydrogens is 417 g/mol. The van der Waals surface area contributed by atoms with Crippen LogP contribution in [0.5, 0.6) is 0 Å². The third-order valence-corrected chi connectivity index (χ3v) is 13.7. The summed E-state index contributed by atoms with van der Waals surface area (Å²) in [5.41, 5.74) is 7.65. The van der Waals surface area contributed by atoms with Crippen LogP contribution in [0.3, 0.4) is 0 Å². The summed E-state index contributed by atoms with van der Waals surface area (Å²) >= 11 is -1.96. The van der Waals surface area contributed by atoms with E-state index < -0.39 is 21.3 Å². The van der Waals surface area contributed by atoms with Gasteiger partial charge < -0.3 is 9.41 Å². The van der Waals surface area contributed by atoms with Gasteiger partial charge in [-0.15, -0.1) is 0 Å². The zero-order chi connectivity index (χ0) is 17.6. The van der Waals surface area contributed by atoms with Gasteiger partial charge in [0.05, 0.1) is 0 Å². The first-order chi connectivity index (χ1) is 12.1. The predicted molar refractivity (Wildman–Crippen MR) is 106 cm³/mol. The molecule has 0 unspecified atom stereocenters. The van der Waals surface area contributed by atoms with Gasteiger partial charge in [-0.1, -0.05) is 0 Å². The van der Waals surface area contributed by atoms with Crippen molar-refractivity contribution in [3.63, 3.8) is 0 Å². The fraction of sp³-hybridized carbons (Fsp3) is 0.292. The Morgan fingerprint density at radius 2 is 1.41 bits per heavy atom. The largest absolute Gasteiger partial charge is 1.00 e. The van der Waals surface area contributed by atoms with Gasteiger partial charge in [0.1, 0.15) is 0 Å². The molecule has 3 heteroatoms. The van der Waals surface area contributed by atoms with Gasteiger partial charge in [-0.05, 0) is 0 Å². The molecule has 140 valence electrons. The second-order valence-corrected chi connectivity index (χ2v) is 15.2. The molecule has 27 heavy (non-hydrogen) atoms. The van der Waals surface area contributed by atoms with Gasteiger partial charge in [0.15, 0.2) is 0 Å². The van der Waals surface area contributed by atoms with Gasteiger partial charge >= 0.3 is 160 Å².